The molecule has 0 aliphatic rings. The van der Waals surface area contributed by atoms with Gasteiger partial charge in [-0.1, -0.05) is 6.92 Å². The fraction of sp³-hybridized carbons (Fsp3) is 0.556. The number of aromatic nitrogens is 2. The van der Waals surface area contributed by atoms with Gasteiger partial charge in [-0.25, -0.2) is 0 Å². The largest absolute Gasteiger partial charge is 0.350 e. The number of carbonyl (C=O) groups excluding carboxylic acids is 1. The fourth-order valence-corrected chi connectivity index (χ4v) is 1.26. The molecule has 0 unspecified atom stereocenters. The monoisotopic (exact) mass is 215 g/mol. The molecule has 0 atom stereocenters. The summed E-state index contributed by atoms with van der Waals surface area (Å²) in [6, 6.07) is 1.80. The van der Waals surface area contributed by atoms with Crippen molar-refractivity contribution in [2.75, 3.05) is 12.4 Å². The molecule has 1 rings (SSSR count). The maximum atomic E-state index is 11.5. The highest BCUT2D eigenvalue weighted by Gasteiger charge is 2.11. The Kier molecular flexibility index (Phi) is 3.95. The molecule has 1 heterocycles. The van der Waals surface area contributed by atoms with Gasteiger partial charge in [-0.3, -0.25) is 9.48 Å². The first-order valence-electron chi connectivity index (χ1n) is 4.56. The van der Waals surface area contributed by atoms with Crippen molar-refractivity contribution in [1.29, 1.82) is 0 Å². The first-order valence-corrected chi connectivity index (χ1v) is 5.09. The zero-order chi connectivity index (χ0) is 10.6. The van der Waals surface area contributed by atoms with Gasteiger partial charge in [-0.15, -0.1) is 11.6 Å². The molecule has 5 heteroatoms. The molecule has 0 bridgehead atoms. The fourth-order valence-electron chi connectivity index (χ4n) is 1.16. The van der Waals surface area contributed by atoms with Gasteiger partial charge < -0.3 is 5.32 Å². The molecule has 0 fully saturated rings. The van der Waals surface area contributed by atoms with Crippen molar-refractivity contribution in [2.24, 2.45) is 7.05 Å². The molecular weight excluding hydrogens is 202 g/mol. The van der Waals surface area contributed by atoms with E-state index in [1.807, 2.05) is 6.92 Å². The maximum absolute atomic E-state index is 11.5. The Bertz CT molecular complexity index is 322. The summed E-state index contributed by atoms with van der Waals surface area (Å²) in [4.78, 5) is 11.5. The lowest BCUT2D eigenvalue weighted by Crippen LogP contribution is -2.27. The van der Waals surface area contributed by atoms with E-state index >= 15 is 0 Å². The van der Waals surface area contributed by atoms with E-state index in [0.29, 0.717) is 18.1 Å². The van der Waals surface area contributed by atoms with Crippen LogP contribution in [0.2, 0.25) is 0 Å². The number of amides is 1. The lowest BCUT2D eigenvalue weighted by atomic mass is 10.3. The molecular formula is C9H14ClN3O. The van der Waals surface area contributed by atoms with E-state index in [4.69, 9.17) is 11.6 Å². The Balaban J connectivity index is 2.73. The van der Waals surface area contributed by atoms with Gasteiger partial charge in [-0.05, 0) is 12.5 Å². The molecule has 0 aliphatic carbocycles. The van der Waals surface area contributed by atoms with Crippen molar-refractivity contribution >= 4 is 17.5 Å². The van der Waals surface area contributed by atoms with Crippen molar-refractivity contribution in [3.05, 3.63) is 17.5 Å². The van der Waals surface area contributed by atoms with Crippen LogP contribution in [0.1, 0.15) is 23.1 Å². The second-order valence-electron chi connectivity index (χ2n) is 2.94. The van der Waals surface area contributed by atoms with Gasteiger partial charge in [0, 0.05) is 19.5 Å². The average Bonchev–Trinajstić information content (AvgIpc) is 2.56. The summed E-state index contributed by atoms with van der Waals surface area (Å²) >= 11 is 5.47. The zero-order valence-corrected chi connectivity index (χ0v) is 9.14. The van der Waals surface area contributed by atoms with E-state index in [1.165, 1.54) is 0 Å². The average molecular weight is 216 g/mol. The summed E-state index contributed by atoms with van der Waals surface area (Å²) in [6.45, 7) is 2.48. The molecule has 0 aliphatic heterocycles. The number of nitrogens with zero attached hydrogens (tertiary/aromatic N) is 2. The number of hydrogen-bond acceptors (Lipinski definition) is 2. The van der Waals surface area contributed by atoms with Gasteiger partial charge in [-0.2, -0.15) is 5.10 Å². The Morgan fingerprint density at radius 1 is 1.71 bits per heavy atom. The molecule has 4 nitrogen and oxygen atoms in total. The summed E-state index contributed by atoms with van der Waals surface area (Å²) in [5.41, 5.74) is 1.50. The van der Waals surface area contributed by atoms with Gasteiger partial charge in [0.2, 0.25) is 0 Å². The highest BCUT2D eigenvalue weighted by molar-refractivity contribution is 6.18. The Morgan fingerprint density at radius 3 is 2.93 bits per heavy atom. The van der Waals surface area contributed by atoms with Crippen molar-refractivity contribution in [2.45, 2.75) is 13.3 Å². The third-order valence-corrected chi connectivity index (χ3v) is 2.09. The third-order valence-electron chi connectivity index (χ3n) is 1.91. The lowest BCUT2D eigenvalue weighted by Gasteiger charge is -2.01. The minimum Gasteiger partial charge on any atom is -0.350 e. The normalized spacial score (nSPS) is 10.2. The summed E-state index contributed by atoms with van der Waals surface area (Å²) < 4.78 is 1.59. The number of rotatable bonds is 4. The van der Waals surface area contributed by atoms with E-state index < -0.39 is 0 Å². The minimum absolute atomic E-state index is 0.125. The van der Waals surface area contributed by atoms with Gasteiger partial charge in [0.25, 0.3) is 5.91 Å². The molecule has 0 saturated carbocycles. The second-order valence-corrected chi connectivity index (χ2v) is 3.32. The number of carbonyl (C=O) groups is 1. The van der Waals surface area contributed by atoms with Crippen LogP contribution in [0.15, 0.2) is 6.07 Å². The van der Waals surface area contributed by atoms with Crippen LogP contribution in [0.5, 0.6) is 0 Å². The molecule has 1 aromatic heterocycles. The van der Waals surface area contributed by atoms with Crippen LogP contribution in [0, 0.1) is 0 Å². The van der Waals surface area contributed by atoms with Crippen LogP contribution in [-0.4, -0.2) is 28.1 Å². The van der Waals surface area contributed by atoms with Crippen LogP contribution in [0.4, 0.5) is 0 Å². The second kappa shape index (κ2) is 5.00. The summed E-state index contributed by atoms with van der Waals surface area (Å²) in [5, 5.41) is 6.88. The van der Waals surface area contributed by atoms with Gasteiger partial charge >= 0.3 is 0 Å². The van der Waals surface area contributed by atoms with Gasteiger partial charge in [0.1, 0.15) is 5.69 Å². The number of aryl methyl sites for hydroxylation is 2. The molecule has 0 spiro atoms. The number of nitrogens with one attached hydrogen (secondary N) is 1. The van der Waals surface area contributed by atoms with Crippen molar-refractivity contribution in [1.82, 2.24) is 15.1 Å². The third kappa shape index (κ3) is 2.48. The smallest absolute Gasteiger partial charge is 0.269 e. The Hall–Kier alpha value is -1.03. The van der Waals surface area contributed by atoms with Crippen LogP contribution >= 0.6 is 11.6 Å². The molecule has 0 radical (unpaired) electrons. The SMILES string of the molecule is CCc1cc(C(=O)NCCCl)n(C)n1. The number of halogens is 1. The highest BCUT2D eigenvalue weighted by atomic mass is 35.5. The summed E-state index contributed by atoms with van der Waals surface area (Å²) in [7, 11) is 1.76. The molecule has 1 N–H and O–H groups in total. The van der Waals surface area contributed by atoms with Crippen LogP contribution in [0.3, 0.4) is 0 Å². The van der Waals surface area contributed by atoms with Crippen molar-refractivity contribution in [3.63, 3.8) is 0 Å². The van der Waals surface area contributed by atoms with Crippen molar-refractivity contribution in [3.8, 4) is 0 Å². The first kappa shape index (κ1) is 11.0. The minimum atomic E-state index is -0.125. The van der Waals surface area contributed by atoms with Crippen LogP contribution in [-0.2, 0) is 13.5 Å². The van der Waals surface area contributed by atoms with Gasteiger partial charge in [0.15, 0.2) is 0 Å². The van der Waals surface area contributed by atoms with E-state index in [-0.39, 0.29) is 5.91 Å². The standard InChI is InChI=1S/C9H14ClN3O/c1-3-7-6-8(13(2)12-7)9(14)11-5-4-10/h6H,3-5H2,1-2H3,(H,11,14). The highest BCUT2D eigenvalue weighted by Crippen LogP contribution is 2.03. The Labute approximate surface area is 88.2 Å². The summed E-state index contributed by atoms with van der Waals surface area (Å²) in [6.07, 6.45) is 0.830. The zero-order valence-electron chi connectivity index (χ0n) is 8.38. The predicted molar refractivity (Wildman–Crippen MR) is 55.6 cm³/mol. The number of alkyl halides is 1. The van der Waals surface area contributed by atoms with E-state index in [9.17, 15) is 4.79 Å². The van der Waals surface area contributed by atoms with E-state index in [2.05, 4.69) is 10.4 Å². The van der Waals surface area contributed by atoms with Crippen LogP contribution in [0.25, 0.3) is 0 Å². The first-order chi connectivity index (χ1) is 6.69. The summed E-state index contributed by atoms with van der Waals surface area (Å²) in [5.74, 6) is 0.296. The van der Waals surface area contributed by atoms with Crippen LogP contribution < -0.4 is 5.32 Å². The molecule has 78 valence electrons. The quantitative estimate of drug-likeness (QED) is 0.761. The Morgan fingerprint density at radius 2 is 2.43 bits per heavy atom. The van der Waals surface area contributed by atoms with Gasteiger partial charge in [0.05, 0.1) is 5.69 Å². The molecule has 14 heavy (non-hydrogen) atoms. The topological polar surface area (TPSA) is 46.9 Å². The molecule has 0 saturated heterocycles. The van der Waals surface area contributed by atoms with E-state index in [0.717, 1.165) is 12.1 Å². The molecule has 1 amide bonds. The lowest BCUT2D eigenvalue weighted by molar-refractivity contribution is 0.0946. The number of hydrogen-bond donors (Lipinski definition) is 1. The van der Waals surface area contributed by atoms with E-state index in [1.54, 1.807) is 17.8 Å². The molecule has 1 aromatic rings. The predicted octanol–water partition coefficient (Wildman–Crippen LogP) is 0.951. The van der Waals surface area contributed by atoms with Crippen molar-refractivity contribution < 1.29 is 4.79 Å². The molecule has 0 aromatic carbocycles. The maximum Gasteiger partial charge on any atom is 0.269 e.